The maximum absolute atomic E-state index is 5.84. The van der Waals surface area contributed by atoms with E-state index < -0.39 is 0 Å². The van der Waals surface area contributed by atoms with Gasteiger partial charge in [-0.1, -0.05) is 30.3 Å². The fraction of sp³-hybridized carbons (Fsp3) is 0.647. The summed E-state index contributed by atoms with van der Waals surface area (Å²) >= 11 is 0. The van der Waals surface area contributed by atoms with Crippen LogP contribution in [0.1, 0.15) is 37.7 Å². The van der Waals surface area contributed by atoms with Crippen molar-refractivity contribution in [1.29, 1.82) is 0 Å². The number of rotatable bonds is 3. The number of hydrogen-bond donors (Lipinski definition) is 1. The SMILES string of the molecule is NCC1CCC2(CCN(Cc3ccccc3)CC2)C1. The molecule has 104 valence electrons. The lowest BCUT2D eigenvalue weighted by Gasteiger charge is -2.39. The Morgan fingerprint density at radius 3 is 2.47 bits per heavy atom. The summed E-state index contributed by atoms with van der Waals surface area (Å²) in [6.07, 6.45) is 6.96. The third-order valence-electron chi connectivity index (χ3n) is 5.30. The molecular formula is C17H26N2. The van der Waals surface area contributed by atoms with Crippen LogP contribution in [-0.4, -0.2) is 24.5 Å². The maximum Gasteiger partial charge on any atom is 0.0233 e. The van der Waals surface area contributed by atoms with Gasteiger partial charge in [0.1, 0.15) is 0 Å². The summed E-state index contributed by atoms with van der Waals surface area (Å²) in [5.74, 6) is 0.806. The minimum Gasteiger partial charge on any atom is -0.330 e. The van der Waals surface area contributed by atoms with E-state index in [1.807, 2.05) is 0 Å². The number of nitrogens with zero attached hydrogens (tertiary/aromatic N) is 1. The lowest BCUT2D eigenvalue weighted by Crippen LogP contribution is -2.38. The largest absolute Gasteiger partial charge is 0.330 e. The van der Waals surface area contributed by atoms with Gasteiger partial charge in [-0.15, -0.1) is 0 Å². The van der Waals surface area contributed by atoms with Crippen molar-refractivity contribution in [3.63, 3.8) is 0 Å². The number of piperidine rings is 1. The lowest BCUT2D eigenvalue weighted by atomic mass is 9.76. The van der Waals surface area contributed by atoms with Crippen molar-refractivity contribution in [2.24, 2.45) is 17.1 Å². The molecule has 2 nitrogen and oxygen atoms in total. The van der Waals surface area contributed by atoms with Crippen LogP contribution in [0.2, 0.25) is 0 Å². The number of nitrogens with two attached hydrogens (primary N) is 1. The molecule has 1 aromatic carbocycles. The van der Waals surface area contributed by atoms with Crippen LogP contribution in [-0.2, 0) is 6.54 Å². The molecule has 2 aliphatic rings. The second-order valence-corrected chi connectivity index (χ2v) is 6.61. The van der Waals surface area contributed by atoms with E-state index in [9.17, 15) is 0 Å². The van der Waals surface area contributed by atoms with E-state index in [4.69, 9.17) is 5.73 Å². The molecule has 1 unspecified atom stereocenters. The summed E-state index contributed by atoms with van der Waals surface area (Å²) in [7, 11) is 0. The van der Waals surface area contributed by atoms with Gasteiger partial charge >= 0.3 is 0 Å². The molecule has 2 heteroatoms. The predicted molar refractivity (Wildman–Crippen MR) is 79.8 cm³/mol. The van der Waals surface area contributed by atoms with Crippen LogP contribution >= 0.6 is 0 Å². The summed E-state index contributed by atoms with van der Waals surface area (Å²) in [5.41, 5.74) is 7.94. The molecule has 0 radical (unpaired) electrons. The van der Waals surface area contributed by atoms with Gasteiger partial charge in [-0.05, 0) is 68.6 Å². The topological polar surface area (TPSA) is 29.3 Å². The highest BCUT2D eigenvalue weighted by atomic mass is 15.1. The van der Waals surface area contributed by atoms with Gasteiger partial charge in [0, 0.05) is 6.54 Å². The molecule has 3 rings (SSSR count). The van der Waals surface area contributed by atoms with E-state index in [2.05, 4.69) is 35.2 Å². The lowest BCUT2D eigenvalue weighted by molar-refractivity contribution is 0.100. The molecule has 0 bridgehead atoms. The smallest absolute Gasteiger partial charge is 0.0233 e. The Hall–Kier alpha value is -0.860. The predicted octanol–water partition coefficient (Wildman–Crippen LogP) is 3.03. The van der Waals surface area contributed by atoms with E-state index in [1.54, 1.807) is 0 Å². The highest BCUT2D eigenvalue weighted by Gasteiger charge is 2.40. The van der Waals surface area contributed by atoms with Gasteiger partial charge in [0.25, 0.3) is 0 Å². The molecule has 0 aromatic heterocycles. The molecular weight excluding hydrogens is 232 g/mol. The van der Waals surface area contributed by atoms with Crippen molar-refractivity contribution in [2.45, 2.75) is 38.6 Å². The minimum absolute atomic E-state index is 0.650. The molecule has 0 amide bonds. The van der Waals surface area contributed by atoms with Gasteiger partial charge in [0.05, 0.1) is 0 Å². The van der Waals surface area contributed by atoms with Gasteiger partial charge in [-0.25, -0.2) is 0 Å². The van der Waals surface area contributed by atoms with Crippen LogP contribution in [0.4, 0.5) is 0 Å². The second kappa shape index (κ2) is 5.64. The van der Waals surface area contributed by atoms with Crippen molar-refractivity contribution < 1.29 is 0 Å². The quantitative estimate of drug-likeness (QED) is 0.903. The average molecular weight is 258 g/mol. The highest BCUT2D eigenvalue weighted by molar-refractivity contribution is 5.14. The van der Waals surface area contributed by atoms with Crippen molar-refractivity contribution in [3.8, 4) is 0 Å². The first kappa shape index (κ1) is 13.1. The average Bonchev–Trinajstić information content (AvgIpc) is 2.86. The highest BCUT2D eigenvalue weighted by Crippen LogP contribution is 2.48. The van der Waals surface area contributed by atoms with Crippen molar-refractivity contribution in [1.82, 2.24) is 4.90 Å². The number of benzene rings is 1. The zero-order valence-corrected chi connectivity index (χ0v) is 11.9. The number of hydrogen-bond acceptors (Lipinski definition) is 2. The Balaban J connectivity index is 1.53. The first-order chi connectivity index (χ1) is 9.30. The third kappa shape index (κ3) is 3.01. The Labute approximate surface area is 117 Å². The van der Waals surface area contributed by atoms with E-state index >= 15 is 0 Å². The van der Waals surface area contributed by atoms with Crippen molar-refractivity contribution in [3.05, 3.63) is 35.9 Å². The Morgan fingerprint density at radius 1 is 1.11 bits per heavy atom. The van der Waals surface area contributed by atoms with Crippen molar-refractivity contribution in [2.75, 3.05) is 19.6 Å². The maximum atomic E-state index is 5.84. The molecule has 1 aliphatic heterocycles. The molecule has 1 spiro atoms. The van der Waals surface area contributed by atoms with Gasteiger partial charge in [0.15, 0.2) is 0 Å². The molecule has 19 heavy (non-hydrogen) atoms. The molecule has 2 fully saturated rings. The standard InChI is InChI=1S/C17H26N2/c18-13-16-6-7-17(12-16)8-10-19(11-9-17)14-15-4-2-1-3-5-15/h1-5,16H,6-14,18H2. The van der Waals surface area contributed by atoms with Gasteiger partial charge in [-0.3, -0.25) is 4.90 Å². The molecule has 1 saturated carbocycles. The van der Waals surface area contributed by atoms with Crippen LogP contribution in [0.3, 0.4) is 0 Å². The van der Waals surface area contributed by atoms with Crippen LogP contribution in [0.5, 0.6) is 0 Å². The fourth-order valence-electron chi connectivity index (χ4n) is 4.01. The summed E-state index contributed by atoms with van der Waals surface area (Å²) in [6.45, 7) is 4.56. The Bertz CT molecular complexity index is 393. The van der Waals surface area contributed by atoms with E-state index in [1.165, 1.54) is 50.8 Å². The van der Waals surface area contributed by atoms with Gasteiger partial charge in [0.2, 0.25) is 0 Å². The van der Waals surface area contributed by atoms with E-state index in [-0.39, 0.29) is 0 Å². The molecule has 1 atom stereocenters. The van der Waals surface area contributed by atoms with Gasteiger partial charge < -0.3 is 5.73 Å². The van der Waals surface area contributed by atoms with Crippen molar-refractivity contribution >= 4 is 0 Å². The Morgan fingerprint density at radius 2 is 1.84 bits per heavy atom. The van der Waals surface area contributed by atoms with Crippen LogP contribution in [0, 0.1) is 11.3 Å². The van der Waals surface area contributed by atoms with E-state index in [0.29, 0.717) is 5.41 Å². The summed E-state index contributed by atoms with van der Waals surface area (Å²) in [4.78, 5) is 2.62. The first-order valence-electron chi connectivity index (χ1n) is 7.76. The monoisotopic (exact) mass is 258 g/mol. The number of likely N-dealkylation sites (tertiary alicyclic amines) is 1. The minimum atomic E-state index is 0.650. The third-order valence-corrected chi connectivity index (χ3v) is 5.30. The molecule has 1 aliphatic carbocycles. The molecule has 1 heterocycles. The van der Waals surface area contributed by atoms with E-state index in [0.717, 1.165) is 19.0 Å². The normalized spacial score (nSPS) is 26.9. The first-order valence-corrected chi connectivity index (χ1v) is 7.76. The molecule has 1 aromatic rings. The zero-order chi connectivity index (χ0) is 13.1. The Kier molecular flexibility index (Phi) is 3.90. The molecule has 1 saturated heterocycles. The summed E-state index contributed by atoms with van der Waals surface area (Å²) < 4.78 is 0. The summed E-state index contributed by atoms with van der Waals surface area (Å²) in [6, 6.07) is 10.9. The van der Waals surface area contributed by atoms with Crippen LogP contribution < -0.4 is 5.73 Å². The zero-order valence-electron chi connectivity index (χ0n) is 11.9. The molecule has 2 N–H and O–H groups in total. The summed E-state index contributed by atoms with van der Waals surface area (Å²) in [5, 5.41) is 0. The second-order valence-electron chi connectivity index (χ2n) is 6.61. The fourth-order valence-corrected chi connectivity index (χ4v) is 4.01. The van der Waals surface area contributed by atoms with Gasteiger partial charge in [-0.2, -0.15) is 0 Å². The van der Waals surface area contributed by atoms with Crippen LogP contribution in [0.25, 0.3) is 0 Å². The van der Waals surface area contributed by atoms with Crippen LogP contribution in [0.15, 0.2) is 30.3 Å².